The van der Waals surface area contributed by atoms with E-state index in [0.29, 0.717) is 0 Å². The van der Waals surface area contributed by atoms with E-state index in [0.717, 1.165) is 44.0 Å². The summed E-state index contributed by atoms with van der Waals surface area (Å²) in [6.07, 6.45) is 3.15. The molecule has 0 amide bonds. The Morgan fingerprint density at radius 2 is 2.05 bits per heavy atom. The third-order valence-corrected chi connectivity index (χ3v) is 4.87. The molecule has 1 aromatic rings. The standard InChI is InChI=1S/C18H28N2O/c1-13(2)12-20-8-6-18(7-9-20)11-16(19)15-10-14(3)4-5-17(15)21-18/h4-5,10,13,16H,6-9,11-12,19H2,1-3H3. The van der Waals surface area contributed by atoms with Crippen LogP contribution in [0.25, 0.3) is 0 Å². The van der Waals surface area contributed by atoms with Gasteiger partial charge >= 0.3 is 0 Å². The Balaban J connectivity index is 1.73. The van der Waals surface area contributed by atoms with Crippen molar-refractivity contribution in [2.45, 2.75) is 51.7 Å². The number of piperidine rings is 1. The summed E-state index contributed by atoms with van der Waals surface area (Å²) in [5.74, 6) is 1.74. The Morgan fingerprint density at radius 1 is 1.33 bits per heavy atom. The third kappa shape index (κ3) is 3.09. The zero-order chi connectivity index (χ0) is 15.0. The fourth-order valence-electron chi connectivity index (χ4n) is 3.80. The van der Waals surface area contributed by atoms with Gasteiger partial charge in [0.25, 0.3) is 0 Å². The number of nitrogens with zero attached hydrogens (tertiary/aromatic N) is 1. The molecular formula is C18H28N2O. The number of fused-ring (bicyclic) bond motifs is 1. The molecular weight excluding hydrogens is 260 g/mol. The van der Waals surface area contributed by atoms with Gasteiger partial charge in [-0.3, -0.25) is 0 Å². The second kappa shape index (κ2) is 5.62. The van der Waals surface area contributed by atoms with Gasteiger partial charge in [0.05, 0.1) is 0 Å². The van der Waals surface area contributed by atoms with E-state index in [9.17, 15) is 0 Å². The highest BCUT2D eigenvalue weighted by Gasteiger charge is 2.42. The first kappa shape index (κ1) is 14.9. The molecule has 1 unspecified atom stereocenters. The molecule has 0 saturated carbocycles. The lowest BCUT2D eigenvalue weighted by Gasteiger charge is -2.46. The first-order valence-electron chi connectivity index (χ1n) is 8.25. The predicted octanol–water partition coefficient (Wildman–Crippen LogP) is 3.27. The van der Waals surface area contributed by atoms with E-state index in [2.05, 4.69) is 43.9 Å². The maximum atomic E-state index is 6.44. The average molecular weight is 288 g/mol. The van der Waals surface area contributed by atoms with Crippen molar-refractivity contribution >= 4 is 0 Å². The molecule has 1 saturated heterocycles. The summed E-state index contributed by atoms with van der Waals surface area (Å²) in [6, 6.07) is 6.52. The predicted molar refractivity (Wildman–Crippen MR) is 86.6 cm³/mol. The van der Waals surface area contributed by atoms with Crippen molar-refractivity contribution in [2.24, 2.45) is 11.7 Å². The van der Waals surface area contributed by atoms with E-state index in [1.807, 2.05) is 0 Å². The lowest BCUT2D eigenvalue weighted by atomic mass is 9.80. The van der Waals surface area contributed by atoms with Gasteiger partial charge in [-0.05, 0) is 31.7 Å². The van der Waals surface area contributed by atoms with Crippen LogP contribution in [-0.4, -0.2) is 30.1 Å². The van der Waals surface area contributed by atoms with Crippen LogP contribution in [0.5, 0.6) is 5.75 Å². The van der Waals surface area contributed by atoms with E-state index >= 15 is 0 Å². The van der Waals surface area contributed by atoms with Crippen LogP contribution in [0.15, 0.2) is 18.2 Å². The Kier molecular flexibility index (Phi) is 3.98. The smallest absolute Gasteiger partial charge is 0.124 e. The molecule has 1 spiro atoms. The SMILES string of the molecule is Cc1ccc2c(c1)C(N)CC1(CCN(CC(C)C)CC1)O2. The van der Waals surface area contributed by atoms with Gasteiger partial charge in [-0.15, -0.1) is 0 Å². The second-order valence-electron chi connectivity index (χ2n) is 7.33. The Bertz CT molecular complexity index is 504. The van der Waals surface area contributed by atoms with Gasteiger partial charge in [0.15, 0.2) is 0 Å². The summed E-state index contributed by atoms with van der Waals surface area (Å²) >= 11 is 0. The van der Waals surface area contributed by atoms with Crippen LogP contribution >= 0.6 is 0 Å². The molecule has 2 heterocycles. The van der Waals surface area contributed by atoms with Crippen LogP contribution in [0.2, 0.25) is 0 Å². The highest BCUT2D eigenvalue weighted by molar-refractivity contribution is 5.41. The fraction of sp³-hybridized carbons (Fsp3) is 0.667. The molecule has 3 rings (SSSR count). The van der Waals surface area contributed by atoms with Crippen LogP contribution in [-0.2, 0) is 0 Å². The van der Waals surface area contributed by atoms with Gasteiger partial charge in [0.2, 0.25) is 0 Å². The van der Waals surface area contributed by atoms with Gasteiger partial charge in [-0.25, -0.2) is 0 Å². The molecule has 21 heavy (non-hydrogen) atoms. The topological polar surface area (TPSA) is 38.5 Å². The molecule has 3 nitrogen and oxygen atoms in total. The minimum Gasteiger partial charge on any atom is -0.487 e. The quantitative estimate of drug-likeness (QED) is 0.907. The van der Waals surface area contributed by atoms with Crippen molar-refractivity contribution in [3.8, 4) is 5.75 Å². The van der Waals surface area contributed by atoms with Crippen LogP contribution in [0.3, 0.4) is 0 Å². The van der Waals surface area contributed by atoms with Crippen molar-refractivity contribution in [3.63, 3.8) is 0 Å². The van der Waals surface area contributed by atoms with E-state index < -0.39 is 0 Å². The first-order chi connectivity index (χ1) is 9.97. The third-order valence-electron chi connectivity index (χ3n) is 4.87. The summed E-state index contributed by atoms with van der Waals surface area (Å²) < 4.78 is 6.43. The second-order valence-corrected chi connectivity index (χ2v) is 7.33. The van der Waals surface area contributed by atoms with Crippen molar-refractivity contribution in [2.75, 3.05) is 19.6 Å². The monoisotopic (exact) mass is 288 g/mol. The number of aryl methyl sites for hydroxylation is 1. The van der Waals surface area contributed by atoms with Crippen LogP contribution in [0.1, 0.15) is 50.3 Å². The molecule has 2 N–H and O–H groups in total. The normalized spacial score (nSPS) is 24.9. The maximum absolute atomic E-state index is 6.44. The minimum atomic E-state index is -0.0326. The van der Waals surface area contributed by atoms with Gasteiger partial charge in [-0.2, -0.15) is 0 Å². The molecule has 2 aliphatic rings. The van der Waals surface area contributed by atoms with E-state index in [1.54, 1.807) is 0 Å². The molecule has 1 aromatic carbocycles. The van der Waals surface area contributed by atoms with Gasteiger partial charge in [0.1, 0.15) is 11.4 Å². The van der Waals surface area contributed by atoms with Gasteiger partial charge in [-0.1, -0.05) is 31.5 Å². The van der Waals surface area contributed by atoms with Crippen molar-refractivity contribution in [3.05, 3.63) is 29.3 Å². The summed E-state index contributed by atoms with van der Waals surface area (Å²) in [7, 11) is 0. The number of rotatable bonds is 2. The van der Waals surface area contributed by atoms with Crippen LogP contribution in [0, 0.1) is 12.8 Å². The largest absolute Gasteiger partial charge is 0.487 e. The van der Waals surface area contributed by atoms with Gasteiger partial charge in [0, 0.05) is 37.7 Å². The Morgan fingerprint density at radius 3 is 2.71 bits per heavy atom. The van der Waals surface area contributed by atoms with Crippen molar-refractivity contribution in [1.29, 1.82) is 0 Å². The number of hydrogen-bond donors (Lipinski definition) is 1. The highest BCUT2D eigenvalue weighted by atomic mass is 16.5. The summed E-state index contributed by atoms with van der Waals surface area (Å²) in [5.41, 5.74) is 8.86. The van der Waals surface area contributed by atoms with Crippen molar-refractivity contribution in [1.82, 2.24) is 4.90 Å². The number of ether oxygens (including phenoxy) is 1. The summed E-state index contributed by atoms with van der Waals surface area (Å²) in [5, 5.41) is 0. The average Bonchev–Trinajstić information content (AvgIpc) is 2.42. The highest BCUT2D eigenvalue weighted by Crippen LogP contribution is 2.43. The molecule has 3 heteroatoms. The van der Waals surface area contributed by atoms with E-state index in [4.69, 9.17) is 10.5 Å². The minimum absolute atomic E-state index is 0.0326. The molecule has 0 aliphatic carbocycles. The molecule has 2 aliphatic heterocycles. The summed E-state index contributed by atoms with van der Waals surface area (Å²) in [4.78, 5) is 2.56. The lowest BCUT2D eigenvalue weighted by molar-refractivity contribution is -0.0236. The van der Waals surface area contributed by atoms with Crippen LogP contribution < -0.4 is 10.5 Å². The molecule has 1 fully saturated rings. The number of hydrogen-bond acceptors (Lipinski definition) is 3. The van der Waals surface area contributed by atoms with E-state index in [1.165, 1.54) is 17.7 Å². The number of nitrogens with two attached hydrogens (primary N) is 1. The molecule has 0 radical (unpaired) electrons. The Labute approximate surface area is 128 Å². The lowest BCUT2D eigenvalue weighted by Crippen LogP contribution is -2.51. The molecule has 0 bridgehead atoms. The molecule has 116 valence electrons. The summed E-state index contributed by atoms with van der Waals surface area (Å²) in [6.45, 7) is 10.1. The van der Waals surface area contributed by atoms with Crippen LogP contribution in [0.4, 0.5) is 0 Å². The zero-order valence-corrected chi connectivity index (χ0v) is 13.6. The van der Waals surface area contributed by atoms with Crippen molar-refractivity contribution < 1.29 is 4.74 Å². The molecule has 0 aromatic heterocycles. The van der Waals surface area contributed by atoms with E-state index in [-0.39, 0.29) is 11.6 Å². The first-order valence-corrected chi connectivity index (χ1v) is 8.25. The van der Waals surface area contributed by atoms with Gasteiger partial charge < -0.3 is 15.4 Å². The molecule has 1 atom stereocenters. The number of likely N-dealkylation sites (tertiary alicyclic amines) is 1. The zero-order valence-electron chi connectivity index (χ0n) is 13.6. The maximum Gasteiger partial charge on any atom is 0.124 e. The fourth-order valence-corrected chi connectivity index (χ4v) is 3.80. The number of benzene rings is 1. The Hall–Kier alpha value is -1.06.